The Balaban J connectivity index is 2.16. The largest absolute Gasteiger partial charge is 0.295 e. The van der Waals surface area contributed by atoms with Crippen LogP contribution in [0.5, 0.6) is 0 Å². The highest BCUT2D eigenvalue weighted by Crippen LogP contribution is 2.34. The van der Waals surface area contributed by atoms with Crippen molar-refractivity contribution >= 4 is 34.1 Å². The van der Waals surface area contributed by atoms with Crippen molar-refractivity contribution in [3.05, 3.63) is 68.5 Å². The molecule has 0 N–H and O–H groups in total. The van der Waals surface area contributed by atoms with E-state index in [0.29, 0.717) is 27.5 Å². The fourth-order valence-electron chi connectivity index (χ4n) is 2.71. The van der Waals surface area contributed by atoms with Crippen LogP contribution in [0.2, 0.25) is 0 Å². The maximum Gasteiger partial charge on any atom is 0.284 e. The van der Waals surface area contributed by atoms with Crippen molar-refractivity contribution in [2.45, 2.75) is 36.9 Å². The predicted octanol–water partition coefficient (Wildman–Crippen LogP) is 4.07. The summed E-state index contributed by atoms with van der Waals surface area (Å²) in [4.78, 5) is 40.2. The monoisotopic (exact) mass is 383 g/mol. The molecular weight excluding hydrogens is 366 g/mol. The number of benzene rings is 2. The number of carbonyl (C=O) groups excluding carboxylic acids is 1. The highest BCUT2D eigenvalue weighted by atomic mass is 32.2. The lowest BCUT2D eigenvalue weighted by Gasteiger charge is -2.12. The van der Waals surface area contributed by atoms with Gasteiger partial charge in [0.2, 0.25) is 0 Å². The van der Waals surface area contributed by atoms with E-state index in [0.717, 1.165) is 18.2 Å². The number of ketones is 1. The third-order valence-electron chi connectivity index (χ3n) is 4.04. The van der Waals surface area contributed by atoms with Gasteiger partial charge in [-0.2, -0.15) is 0 Å². The molecule has 1 aromatic heterocycles. The van der Waals surface area contributed by atoms with Gasteiger partial charge < -0.3 is 0 Å². The molecule has 0 spiro atoms. The summed E-state index contributed by atoms with van der Waals surface area (Å²) >= 11 is 1.06. The van der Waals surface area contributed by atoms with Crippen molar-refractivity contribution in [2.24, 2.45) is 0 Å². The van der Waals surface area contributed by atoms with Crippen LogP contribution >= 0.6 is 11.8 Å². The van der Waals surface area contributed by atoms with E-state index in [1.165, 1.54) is 23.6 Å². The Hall–Kier alpha value is -3.00. The zero-order chi connectivity index (χ0) is 19.6. The summed E-state index contributed by atoms with van der Waals surface area (Å²) in [5.41, 5.74) is 0.454. The third kappa shape index (κ3) is 3.75. The summed E-state index contributed by atoms with van der Waals surface area (Å²) in [6.07, 6.45) is 0.721. The Labute approximate surface area is 159 Å². The van der Waals surface area contributed by atoms with Gasteiger partial charge in [-0.3, -0.25) is 24.3 Å². The van der Waals surface area contributed by atoms with Crippen molar-refractivity contribution < 1.29 is 9.72 Å². The van der Waals surface area contributed by atoms with E-state index >= 15 is 0 Å². The van der Waals surface area contributed by atoms with Crippen LogP contribution in [0.1, 0.15) is 30.6 Å². The molecule has 1 heterocycles. The number of para-hydroxylation sites is 1. The summed E-state index contributed by atoms with van der Waals surface area (Å²) < 4.78 is 1.54. The van der Waals surface area contributed by atoms with Gasteiger partial charge in [-0.05, 0) is 49.4 Å². The average molecular weight is 383 g/mol. The van der Waals surface area contributed by atoms with Gasteiger partial charge in [0, 0.05) is 18.2 Å². The van der Waals surface area contributed by atoms with E-state index < -0.39 is 4.92 Å². The number of rotatable bonds is 6. The van der Waals surface area contributed by atoms with E-state index in [9.17, 15) is 19.7 Å². The fourth-order valence-corrected chi connectivity index (χ4v) is 3.71. The molecule has 0 saturated heterocycles. The van der Waals surface area contributed by atoms with Gasteiger partial charge in [-0.1, -0.05) is 19.1 Å². The summed E-state index contributed by atoms with van der Waals surface area (Å²) in [7, 11) is 0. The molecule has 0 fully saturated rings. The molecule has 138 valence electrons. The second-order valence-corrected chi connectivity index (χ2v) is 6.98. The quantitative estimate of drug-likeness (QED) is 0.276. The lowest BCUT2D eigenvalue weighted by molar-refractivity contribution is -0.387. The van der Waals surface area contributed by atoms with Gasteiger partial charge in [0.15, 0.2) is 10.9 Å². The predicted molar refractivity (Wildman–Crippen MR) is 104 cm³/mol. The maximum absolute atomic E-state index is 12.8. The second kappa shape index (κ2) is 7.71. The van der Waals surface area contributed by atoms with E-state index in [-0.39, 0.29) is 22.6 Å². The highest BCUT2D eigenvalue weighted by Gasteiger charge is 2.20. The van der Waals surface area contributed by atoms with Crippen molar-refractivity contribution in [1.82, 2.24) is 9.55 Å². The van der Waals surface area contributed by atoms with E-state index in [2.05, 4.69) is 4.98 Å². The number of carbonyl (C=O) groups is 1. The van der Waals surface area contributed by atoms with Crippen LogP contribution in [0.15, 0.2) is 57.3 Å². The van der Waals surface area contributed by atoms with Crippen molar-refractivity contribution in [3.63, 3.8) is 0 Å². The van der Waals surface area contributed by atoms with Crippen molar-refractivity contribution in [3.8, 4) is 0 Å². The molecule has 3 rings (SSSR count). The summed E-state index contributed by atoms with van der Waals surface area (Å²) in [5.74, 6) is -0.249. The molecular formula is C19H17N3O4S. The third-order valence-corrected chi connectivity index (χ3v) is 5.10. The number of Topliss-reactive ketones (excluding diaryl/α,β-unsaturated/α-hetero) is 1. The number of nitrogens with zero attached hydrogens (tertiary/aromatic N) is 3. The molecule has 0 radical (unpaired) electrons. The lowest BCUT2D eigenvalue weighted by Crippen LogP contribution is -2.23. The molecule has 27 heavy (non-hydrogen) atoms. The minimum Gasteiger partial charge on any atom is -0.295 e. The van der Waals surface area contributed by atoms with Crippen molar-refractivity contribution in [1.29, 1.82) is 0 Å². The first-order chi connectivity index (χ1) is 12.9. The Kier molecular flexibility index (Phi) is 5.36. The van der Waals surface area contributed by atoms with Crippen LogP contribution in [0.25, 0.3) is 10.9 Å². The van der Waals surface area contributed by atoms with E-state index in [4.69, 9.17) is 0 Å². The molecule has 2 aromatic carbocycles. The molecule has 3 aromatic rings. The topological polar surface area (TPSA) is 95.1 Å². The second-order valence-electron chi connectivity index (χ2n) is 5.97. The molecule has 0 unspecified atom stereocenters. The number of hydrogen-bond acceptors (Lipinski definition) is 6. The Morgan fingerprint density at radius 2 is 2.00 bits per heavy atom. The Morgan fingerprint density at radius 1 is 1.26 bits per heavy atom. The van der Waals surface area contributed by atoms with Gasteiger partial charge in [0.05, 0.1) is 20.7 Å². The SMILES string of the molecule is CCCn1c(Sc2ccc(C(C)=O)cc2[N+](=O)[O-])nc2ccccc2c1=O. The summed E-state index contributed by atoms with van der Waals surface area (Å²) in [5, 5.41) is 12.4. The molecule has 7 nitrogen and oxygen atoms in total. The Bertz CT molecular complexity index is 1110. The molecule has 0 atom stereocenters. The van der Waals surface area contributed by atoms with E-state index in [1.54, 1.807) is 30.3 Å². The first-order valence-electron chi connectivity index (χ1n) is 8.39. The minimum atomic E-state index is -0.530. The molecule has 0 aliphatic rings. The standard InChI is InChI=1S/C19H17N3O4S/c1-3-10-21-18(24)14-6-4-5-7-15(14)20-19(21)27-17-9-8-13(12(2)23)11-16(17)22(25)26/h4-9,11H,3,10H2,1-2H3. The lowest BCUT2D eigenvalue weighted by atomic mass is 10.1. The molecule has 0 saturated carbocycles. The van der Waals surface area contributed by atoms with Gasteiger partial charge in [-0.15, -0.1) is 0 Å². The van der Waals surface area contributed by atoms with Crippen LogP contribution < -0.4 is 5.56 Å². The minimum absolute atomic E-state index is 0.173. The van der Waals surface area contributed by atoms with Crippen LogP contribution in [-0.4, -0.2) is 20.3 Å². The Morgan fingerprint density at radius 3 is 2.67 bits per heavy atom. The number of nitro groups is 1. The summed E-state index contributed by atoms with van der Waals surface area (Å²) in [6, 6.07) is 11.4. The van der Waals surface area contributed by atoms with Crippen molar-refractivity contribution in [2.75, 3.05) is 0 Å². The van der Waals surface area contributed by atoms with Gasteiger partial charge in [0.25, 0.3) is 11.2 Å². The fraction of sp³-hybridized carbons (Fsp3) is 0.211. The number of aromatic nitrogens is 2. The number of nitro benzene ring substituents is 1. The maximum atomic E-state index is 12.8. The smallest absolute Gasteiger partial charge is 0.284 e. The summed E-state index contributed by atoms with van der Waals surface area (Å²) in [6.45, 7) is 3.76. The molecule has 8 heteroatoms. The molecule has 0 aliphatic heterocycles. The van der Waals surface area contributed by atoms with Crippen LogP contribution in [0.3, 0.4) is 0 Å². The molecule has 0 bridgehead atoms. The van der Waals surface area contributed by atoms with E-state index in [1.807, 2.05) is 6.92 Å². The zero-order valence-corrected chi connectivity index (χ0v) is 15.7. The van der Waals surface area contributed by atoms with Gasteiger partial charge in [-0.25, -0.2) is 4.98 Å². The molecule has 0 aliphatic carbocycles. The number of fused-ring (bicyclic) bond motifs is 1. The van der Waals surface area contributed by atoms with Crippen LogP contribution in [-0.2, 0) is 6.54 Å². The first kappa shape index (κ1) is 18.8. The number of hydrogen-bond donors (Lipinski definition) is 0. The average Bonchev–Trinajstić information content (AvgIpc) is 2.65. The van der Waals surface area contributed by atoms with Crippen LogP contribution in [0, 0.1) is 10.1 Å². The van der Waals surface area contributed by atoms with Gasteiger partial charge in [0.1, 0.15) is 0 Å². The zero-order valence-electron chi connectivity index (χ0n) is 14.8. The normalized spacial score (nSPS) is 10.9. The van der Waals surface area contributed by atoms with Crippen LogP contribution in [0.4, 0.5) is 5.69 Å². The first-order valence-corrected chi connectivity index (χ1v) is 9.20. The highest BCUT2D eigenvalue weighted by molar-refractivity contribution is 7.99. The van der Waals surface area contributed by atoms with Gasteiger partial charge >= 0.3 is 0 Å². The molecule has 0 amide bonds.